The zero-order chi connectivity index (χ0) is 18.2. The second kappa shape index (κ2) is 6.29. The maximum absolute atomic E-state index is 12.7. The smallest absolute Gasteiger partial charge is 0.335 e. The van der Waals surface area contributed by atoms with E-state index in [9.17, 15) is 13.2 Å². The fourth-order valence-electron chi connectivity index (χ4n) is 2.55. The minimum Gasteiger partial charge on any atom is -0.486 e. The van der Waals surface area contributed by atoms with Crippen molar-refractivity contribution in [3.63, 3.8) is 0 Å². The van der Waals surface area contributed by atoms with Crippen molar-refractivity contribution < 1.29 is 27.8 Å². The third-order valence-electron chi connectivity index (χ3n) is 3.95. The van der Waals surface area contributed by atoms with Crippen molar-refractivity contribution in [3.8, 4) is 11.5 Å². The van der Waals surface area contributed by atoms with Crippen molar-refractivity contribution in [1.29, 1.82) is 0 Å². The first-order valence-corrected chi connectivity index (χ1v) is 9.03. The Labute approximate surface area is 145 Å². The number of carboxylic acid groups (broad SMARTS) is 1. The van der Waals surface area contributed by atoms with Gasteiger partial charge in [0.2, 0.25) is 0 Å². The minimum absolute atomic E-state index is 0.0696. The highest BCUT2D eigenvalue weighted by atomic mass is 32.2. The number of benzene rings is 2. The highest BCUT2D eigenvalue weighted by Gasteiger charge is 2.22. The normalized spacial score (nSPS) is 13.4. The molecule has 3 rings (SSSR count). The van der Waals surface area contributed by atoms with Crippen molar-refractivity contribution in [3.05, 3.63) is 47.0 Å². The van der Waals surface area contributed by atoms with Crippen LogP contribution in [0.3, 0.4) is 0 Å². The number of aromatic carboxylic acids is 1. The summed E-state index contributed by atoms with van der Waals surface area (Å²) in [5.74, 6) is -0.174. The molecule has 0 fully saturated rings. The molecule has 0 saturated heterocycles. The molecule has 0 atom stereocenters. The van der Waals surface area contributed by atoms with Crippen LogP contribution in [-0.4, -0.2) is 32.7 Å². The molecule has 2 aromatic rings. The van der Waals surface area contributed by atoms with Gasteiger partial charge >= 0.3 is 5.97 Å². The van der Waals surface area contributed by atoms with Gasteiger partial charge < -0.3 is 14.6 Å². The van der Waals surface area contributed by atoms with E-state index in [1.807, 2.05) is 0 Å². The first-order chi connectivity index (χ1) is 11.8. The van der Waals surface area contributed by atoms with Gasteiger partial charge in [-0.25, -0.2) is 13.2 Å². The van der Waals surface area contributed by atoms with Gasteiger partial charge in [0.05, 0.1) is 16.1 Å². The van der Waals surface area contributed by atoms with Crippen LogP contribution in [0.2, 0.25) is 0 Å². The molecule has 7 nitrogen and oxygen atoms in total. The van der Waals surface area contributed by atoms with E-state index < -0.39 is 16.0 Å². The van der Waals surface area contributed by atoms with Crippen molar-refractivity contribution in [2.75, 3.05) is 17.9 Å². The number of hydrogen-bond donors (Lipinski definition) is 2. The molecule has 8 heteroatoms. The van der Waals surface area contributed by atoms with Crippen molar-refractivity contribution >= 4 is 21.7 Å². The van der Waals surface area contributed by atoms with Gasteiger partial charge in [0, 0.05) is 6.07 Å². The molecule has 0 aromatic heterocycles. The molecule has 0 saturated carbocycles. The number of hydrogen-bond acceptors (Lipinski definition) is 5. The fourth-order valence-corrected chi connectivity index (χ4v) is 3.94. The van der Waals surface area contributed by atoms with E-state index in [1.165, 1.54) is 12.1 Å². The van der Waals surface area contributed by atoms with Gasteiger partial charge in [-0.2, -0.15) is 0 Å². The Hall–Kier alpha value is -2.74. The SMILES string of the molecule is Cc1cc(C(=O)O)cc(S(=O)(=O)Nc2ccc3c(c2)OCCO3)c1C. The summed E-state index contributed by atoms with van der Waals surface area (Å²) in [4.78, 5) is 11.1. The molecule has 0 unspecified atom stereocenters. The Morgan fingerprint density at radius 2 is 1.76 bits per heavy atom. The van der Waals surface area contributed by atoms with Crippen LogP contribution in [0.15, 0.2) is 35.2 Å². The number of sulfonamides is 1. The quantitative estimate of drug-likeness (QED) is 0.866. The van der Waals surface area contributed by atoms with Crippen LogP contribution in [0, 0.1) is 13.8 Å². The summed E-state index contributed by atoms with van der Waals surface area (Å²) in [5, 5.41) is 9.17. The van der Waals surface area contributed by atoms with E-state index in [2.05, 4.69) is 4.72 Å². The maximum Gasteiger partial charge on any atom is 0.335 e. The van der Waals surface area contributed by atoms with E-state index in [-0.39, 0.29) is 10.5 Å². The first-order valence-electron chi connectivity index (χ1n) is 7.55. The highest BCUT2D eigenvalue weighted by molar-refractivity contribution is 7.92. The predicted octanol–water partition coefficient (Wildman–Crippen LogP) is 2.57. The molecule has 0 aliphatic carbocycles. The molecule has 1 aliphatic rings. The van der Waals surface area contributed by atoms with E-state index in [0.29, 0.717) is 41.5 Å². The van der Waals surface area contributed by atoms with Crippen LogP contribution < -0.4 is 14.2 Å². The number of rotatable bonds is 4. The third kappa shape index (κ3) is 3.39. The predicted molar refractivity (Wildman–Crippen MR) is 91.1 cm³/mol. The standard InChI is InChI=1S/C17H17NO6S/c1-10-7-12(17(19)20)8-16(11(10)2)25(21,22)18-13-3-4-14-15(9-13)24-6-5-23-14/h3-4,7-9,18H,5-6H2,1-2H3,(H,19,20). The number of carbonyl (C=O) groups is 1. The van der Waals surface area contributed by atoms with E-state index in [0.717, 1.165) is 6.07 Å². The summed E-state index contributed by atoms with van der Waals surface area (Å²) >= 11 is 0. The van der Waals surface area contributed by atoms with Gasteiger partial charge in [0.1, 0.15) is 13.2 Å². The van der Waals surface area contributed by atoms with Gasteiger partial charge in [-0.15, -0.1) is 0 Å². The molecule has 2 N–H and O–H groups in total. The monoisotopic (exact) mass is 363 g/mol. The Morgan fingerprint density at radius 1 is 1.08 bits per heavy atom. The molecule has 0 spiro atoms. The van der Waals surface area contributed by atoms with Crippen LogP contribution in [0.25, 0.3) is 0 Å². The molecule has 1 aliphatic heterocycles. The van der Waals surface area contributed by atoms with Crippen LogP contribution in [0.5, 0.6) is 11.5 Å². The van der Waals surface area contributed by atoms with Crippen LogP contribution in [0.1, 0.15) is 21.5 Å². The number of fused-ring (bicyclic) bond motifs is 1. The lowest BCUT2D eigenvalue weighted by atomic mass is 10.1. The molecule has 2 aromatic carbocycles. The molecule has 25 heavy (non-hydrogen) atoms. The Bertz CT molecular complexity index is 952. The highest BCUT2D eigenvalue weighted by Crippen LogP contribution is 2.33. The van der Waals surface area contributed by atoms with E-state index in [4.69, 9.17) is 14.6 Å². The average Bonchev–Trinajstić information content (AvgIpc) is 2.56. The van der Waals surface area contributed by atoms with Crippen LogP contribution in [0.4, 0.5) is 5.69 Å². The lowest BCUT2D eigenvalue weighted by molar-refractivity contribution is 0.0696. The van der Waals surface area contributed by atoms with Gasteiger partial charge in [-0.1, -0.05) is 0 Å². The zero-order valence-electron chi connectivity index (χ0n) is 13.7. The largest absolute Gasteiger partial charge is 0.486 e. The summed E-state index contributed by atoms with van der Waals surface area (Å²) in [7, 11) is -3.96. The molecule has 0 radical (unpaired) electrons. The van der Waals surface area contributed by atoms with Gasteiger partial charge in [0.25, 0.3) is 10.0 Å². The number of anilines is 1. The van der Waals surface area contributed by atoms with E-state index >= 15 is 0 Å². The minimum atomic E-state index is -3.96. The molecular formula is C17H17NO6S. The Kier molecular flexibility index (Phi) is 4.30. The lowest BCUT2D eigenvalue weighted by Gasteiger charge is -2.19. The summed E-state index contributed by atoms with van der Waals surface area (Å²) < 4.78 is 38.8. The molecule has 132 valence electrons. The lowest BCUT2D eigenvalue weighted by Crippen LogP contribution is -2.18. The number of ether oxygens (including phenoxy) is 2. The fraction of sp³-hybridized carbons (Fsp3) is 0.235. The molecular weight excluding hydrogens is 346 g/mol. The molecule has 0 bridgehead atoms. The van der Waals surface area contributed by atoms with Gasteiger partial charge in [-0.3, -0.25) is 4.72 Å². The molecule has 0 amide bonds. The van der Waals surface area contributed by atoms with Crippen molar-refractivity contribution in [2.45, 2.75) is 18.7 Å². The summed E-state index contributed by atoms with van der Waals surface area (Å²) in [6, 6.07) is 7.33. The number of carboxylic acids is 1. The maximum atomic E-state index is 12.7. The topological polar surface area (TPSA) is 102 Å². The summed E-state index contributed by atoms with van der Waals surface area (Å²) in [5.41, 5.74) is 1.31. The Balaban J connectivity index is 1.99. The number of nitrogens with one attached hydrogen (secondary N) is 1. The van der Waals surface area contributed by atoms with E-state index in [1.54, 1.807) is 26.0 Å². The second-order valence-corrected chi connectivity index (χ2v) is 7.34. The zero-order valence-corrected chi connectivity index (χ0v) is 14.5. The van der Waals surface area contributed by atoms with Crippen molar-refractivity contribution in [1.82, 2.24) is 0 Å². The third-order valence-corrected chi connectivity index (χ3v) is 5.46. The summed E-state index contributed by atoms with van der Waals surface area (Å²) in [6.45, 7) is 4.14. The Morgan fingerprint density at radius 3 is 2.44 bits per heavy atom. The van der Waals surface area contributed by atoms with Crippen LogP contribution in [-0.2, 0) is 10.0 Å². The first kappa shape index (κ1) is 17.1. The summed E-state index contributed by atoms with van der Waals surface area (Å²) in [6.07, 6.45) is 0. The second-order valence-electron chi connectivity index (χ2n) is 5.69. The van der Waals surface area contributed by atoms with Crippen molar-refractivity contribution in [2.24, 2.45) is 0 Å². The number of aryl methyl sites for hydroxylation is 1. The van der Waals surface area contributed by atoms with Gasteiger partial charge in [-0.05, 0) is 49.2 Å². The average molecular weight is 363 g/mol. The molecule has 1 heterocycles. The van der Waals surface area contributed by atoms with Crippen LogP contribution >= 0.6 is 0 Å². The van der Waals surface area contributed by atoms with Gasteiger partial charge in [0.15, 0.2) is 11.5 Å².